The number of carbonyl (C=O) groups is 1. The Labute approximate surface area is 199 Å². The van der Waals surface area contributed by atoms with Crippen molar-refractivity contribution >= 4 is 46.5 Å². The second kappa shape index (κ2) is 9.69. The standard InChI is InChI=1S/C23H18Cl3N3O3/c1-14-3-2-4-18(25)22(14)31-13-16-6-8-20(32-16)23(30)27-21-9-10-29(28-21)12-15-5-7-17(24)19(26)11-15/h2-11H,12-13H2,1H3,(H,27,28,30). The summed E-state index contributed by atoms with van der Waals surface area (Å²) in [7, 11) is 0. The molecule has 1 N–H and O–H groups in total. The van der Waals surface area contributed by atoms with E-state index in [2.05, 4.69) is 10.4 Å². The van der Waals surface area contributed by atoms with Gasteiger partial charge in [-0.3, -0.25) is 9.48 Å². The molecule has 0 unspecified atom stereocenters. The fourth-order valence-electron chi connectivity index (χ4n) is 3.04. The van der Waals surface area contributed by atoms with Crippen molar-refractivity contribution in [3.05, 3.63) is 98.5 Å². The van der Waals surface area contributed by atoms with E-state index in [0.717, 1.165) is 11.1 Å². The number of amides is 1. The lowest BCUT2D eigenvalue weighted by molar-refractivity contribution is 0.0992. The van der Waals surface area contributed by atoms with Crippen LogP contribution < -0.4 is 10.1 Å². The van der Waals surface area contributed by atoms with E-state index in [1.807, 2.05) is 25.1 Å². The lowest BCUT2D eigenvalue weighted by Gasteiger charge is -2.09. The zero-order valence-electron chi connectivity index (χ0n) is 16.9. The van der Waals surface area contributed by atoms with Crippen LogP contribution in [0.1, 0.15) is 27.4 Å². The van der Waals surface area contributed by atoms with Gasteiger partial charge in [-0.2, -0.15) is 5.10 Å². The molecule has 2 heterocycles. The average molecular weight is 491 g/mol. The Bertz CT molecular complexity index is 1250. The predicted molar refractivity (Wildman–Crippen MR) is 125 cm³/mol. The molecule has 0 fully saturated rings. The zero-order chi connectivity index (χ0) is 22.7. The summed E-state index contributed by atoms with van der Waals surface area (Å²) in [6, 6.07) is 15.9. The topological polar surface area (TPSA) is 69.3 Å². The Morgan fingerprint density at radius 3 is 2.69 bits per heavy atom. The third-order valence-electron chi connectivity index (χ3n) is 4.62. The van der Waals surface area contributed by atoms with Gasteiger partial charge < -0.3 is 14.5 Å². The Morgan fingerprint density at radius 1 is 1.06 bits per heavy atom. The van der Waals surface area contributed by atoms with Gasteiger partial charge in [0.2, 0.25) is 0 Å². The number of carbonyl (C=O) groups excluding carboxylic acids is 1. The number of nitrogens with one attached hydrogen (secondary N) is 1. The van der Waals surface area contributed by atoms with Crippen LogP contribution in [0.3, 0.4) is 0 Å². The van der Waals surface area contributed by atoms with E-state index >= 15 is 0 Å². The van der Waals surface area contributed by atoms with Gasteiger partial charge in [0.05, 0.1) is 21.6 Å². The molecular formula is C23H18Cl3N3O3. The van der Waals surface area contributed by atoms with Crippen LogP contribution in [0.15, 0.2) is 65.2 Å². The lowest BCUT2D eigenvalue weighted by atomic mass is 10.2. The van der Waals surface area contributed by atoms with Crippen molar-refractivity contribution in [1.82, 2.24) is 9.78 Å². The van der Waals surface area contributed by atoms with Crippen LogP contribution in [-0.4, -0.2) is 15.7 Å². The summed E-state index contributed by atoms with van der Waals surface area (Å²) in [4.78, 5) is 12.5. The molecule has 9 heteroatoms. The highest BCUT2D eigenvalue weighted by Crippen LogP contribution is 2.29. The highest BCUT2D eigenvalue weighted by atomic mass is 35.5. The van der Waals surface area contributed by atoms with Crippen LogP contribution in [0.2, 0.25) is 15.1 Å². The van der Waals surface area contributed by atoms with Crippen LogP contribution in [-0.2, 0) is 13.2 Å². The zero-order valence-corrected chi connectivity index (χ0v) is 19.2. The smallest absolute Gasteiger partial charge is 0.292 e. The van der Waals surface area contributed by atoms with Crippen molar-refractivity contribution < 1.29 is 13.9 Å². The Balaban J connectivity index is 1.35. The molecule has 6 nitrogen and oxygen atoms in total. The number of hydrogen-bond donors (Lipinski definition) is 1. The summed E-state index contributed by atoms with van der Waals surface area (Å²) < 4.78 is 13.0. The number of para-hydroxylation sites is 1. The van der Waals surface area contributed by atoms with E-state index in [1.165, 1.54) is 0 Å². The summed E-state index contributed by atoms with van der Waals surface area (Å²) >= 11 is 18.2. The van der Waals surface area contributed by atoms with Crippen molar-refractivity contribution in [3.63, 3.8) is 0 Å². The van der Waals surface area contributed by atoms with Crippen LogP contribution in [0, 0.1) is 6.92 Å². The Morgan fingerprint density at radius 2 is 1.91 bits per heavy atom. The number of anilines is 1. The molecule has 0 bridgehead atoms. The van der Waals surface area contributed by atoms with Crippen molar-refractivity contribution in [2.45, 2.75) is 20.1 Å². The maximum absolute atomic E-state index is 12.5. The molecule has 4 aromatic rings. The molecule has 0 radical (unpaired) electrons. The van der Waals surface area contributed by atoms with E-state index < -0.39 is 5.91 Å². The fourth-order valence-corrected chi connectivity index (χ4v) is 3.64. The molecule has 0 aliphatic rings. The largest absolute Gasteiger partial charge is 0.484 e. The molecule has 0 aliphatic carbocycles. The van der Waals surface area contributed by atoms with Crippen LogP contribution in [0.4, 0.5) is 5.82 Å². The van der Waals surface area contributed by atoms with E-state index in [4.69, 9.17) is 44.0 Å². The molecule has 1 amide bonds. The molecular weight excluding hydrogens is 473 g/mol. The summed E-state index contributed by atoms with van der Waals surface area (Å²) in [6.45, 7) is 2.54. The fraction of sp³-hybridized carbons (Fsp3) is 0.130. The maximum Gasteiger partial charge on any atom is 0.292 e. The number of nitrogens with zero attached hydrogens (tertiary/aromatic N) is 2. The van der Waals surface area contributed by atoms with Crippen molar-refractivity contribution in [2.75, 3.05) is 5.32 Å². The molecule has 0 atom stereocenters. The first-order valence-corrected chi connectivity index (χ1v) is 10.8. The first-order chi connectivity index (χ1) is 15.4. The molecule has 32 heavy (non-hydrogen) atoms. The molecule has 0 saturated heterocycles. The highest BCUT2D eigenvalue weighted by Gasteiger charge is 2.14. The molecule has 2 aromatic heterocycles. The van der Waals surface area contributed by atoms with E-state index in [-0.39, 0.29) is 12.4 Å². The number of rotatable bonds is 7. The second-order valence-electron chi connectivity index (χ2n) is 7.04. The Hall–Kier alpha value is -2.93. The molecule has 4 rings (SSSR count). The summed E-state index contributed by atoms with van der Waals surface area (Å²) in [5.74, 6) is 1.23. The number of furan rings is 1. The van der Waals surface area contributed by atoms with Crippen molar-refractivity contribution in [1.29, 1.82) is 0 Å². The maximum atomic E-state index is 12.5. The van der Waals surface area contributed by atoms with Gasteiger partial charge in [-0.25, -0.2) is 0 Å². The van der Waals surface area contributed by atoms with Gasteiger partial charge >= 0.3 is 0 Å². The monoisotopic (exact) mass is 489 g/mol. The minimum absolute atomic E-state index is 0.149. The van der Waals surface area contributed by atoms with E-state index in [9.17, 15) is 4.79 Å². The minimum atomic E-state index is -0.412. The number of aromatic nitrogens is 2. The number of hydrogen-bond acceptors (Lipinski definition) is 4. The second-order valence-corrected chi connectivity index (χ2v) is 8.26. The van der Waals surface area contributed by atoms with Gasteiger partial charge in [-0.1, -0.05) is 53.0 Å². The Kier molecular flexibility index (Phi) is 6.74. The summed E-state index contributed by atoms with van der Waals surface area (Å²) in [5, 5.41) is 8.56. The quantitative estimate of drug-likeness (QED) is 0.316. The molecule has 0 saturated carbocycles. The average Bonchev–Trinajstić information content (AvgIpc) is 3.40. The van der Waals surface area contributed by atoms with E-state index in [0.29, 0.717) is 38.9 Å². The lowest BCUT2D eigenvalue weighted by Crippen LogP contribution is -2.12. The minimum Gasteiger partial charge on any atom is -0.484 e. The van der Waals surface area contributed by atoms with Crippen LogP contribution in [0.25, 0.3) is 0 Å². The van der Waals surface area contributed by atoms with Crippen LogP contribution in [0.5, 0.6) is 5.75 Å². The molecule has 2 aromatic carbocycles. The number of benzene rings is 2. The number of halogens is 3. The van der Waals surface area contributed by atoms with Crippen molar-refractivity contribution in [2.24, 2.45) is 0 Å². The predicted octanol–water partition coefficient (Wildman–Crippen LogP) is 6.62. The third kappa shape index (κ3) is 5.27. The first kappa shape index (κ1) is 22.3. The summed E-state index contributed by atoms with van der Waals surface area (Å²) in [6.07, 6.45) is 1.76. The van der Waals surface area contributed by atoms with Gasteiger partial charge in [-0.15, -0.1) is 0 Å². The summed E-state index contributed by atoms with van der Waals surface area (Å²) in [5.41, 5.74) is 1.85. The first-order valence-electron chi connectivity index (χ1n) is 9.64. The molecule has 0 aliphatic heterocycles. The van der Waals surface area contributed by atoms with Crippen molar-refractivity contribution in [3.8, 4) is 5.75 Å². The SMILES string of the molecule is Cc1cccc(Cl)c1OCc1ccc(C(=O)Nc2ccn(Cc3ccc(Cl)c(Cl)c3)n2)o1. The van der Waals surface area contributed by atoms with Gasteiger partial charge in [0.15, 0.2) is 11.6 Å². The molecule has 0 spiro atoms. The third-order valence-corrected chi connectivity index (χ3v) is 5.66. The molecule has 164 valence electrons. The van der Waals surface area contributed by atoms with Gasteiger partial charge in [0.25, 0.3) is 5.91 Å². The highest BCUT2D eigenvalue weighted by molar-refractivity contribution is 6.42. The van der Waals surface area contributed by atoms with Gasteiger partial charge in [-0.05, 0) is 48.4 Å². The normalized spacial score (nSPS) is 10.9. The number of ether oxygens (including phenoxy) is 1. The number of aryl methyl sites for hydroxylation is 1. The van der Waals surface area contributed by atoms with Gasteiger partial charge in [0.1, 0.15) is 18.1 Å². The van der Waals surface area contributed by atoms with Gasteiger partial charge in [0, 0.05) is 12.3 Å². The van der Waals surface area contributed by atoms with Crippen LogP contribution >= 0.6 is 34.8 Å². The van der Waals surface area contributed by atoms with E-state index in [1.54, 1.807) is 47.3 Å².